The van der Waals surface area contributed by atoms with Gasteiger partial charge in [-0.05, 0) is 52.1 Å². The van der Waals surface area contributed by atoms with E-state index in [0.717, 1.165) is 24.7 Å². The highest BCUT2D eigenvalue weighted by Crippen LogP contribution is 2.25. The van der Waals surface area contributed by atoms with Gasteiger partial charge in [0.05, 0.1) is 0 Å². The second-order valence-electron chi connectivity index (χ2n) is 5.20. The molecule has 96 valence electrons. The third kappa shape index (κ3) is 3.74. The van der Waals surface area contributed by atoms with Crippen LogP contribution in [0.25, 0.3) is 0 Å². The Hall–Kier alpha value is -0.0800. The van der Waals surface area contributed by atoms with Gasteiger partial charge in [-0.1, -0.05) is 20.8 Å². The topological polar surface area (TPSA) is 15.3 Å². The molecule has 1 aliphatic carbocycles. The first-order valence-corrected chi connectivity index (χ1v) is 7.18. The fraction of sp³-hybridized carbons (Fsp3) is 1.00. The Morgan fingerprint density at radius 1 is 1.06 bits per heavy atom. The van der Waals surface area contributed by atoms with Gasteiger partial charge in [0.25, 0.3) is 0 Å². The molecular formula is C14H30N2. The average Bonchev–Trinajstić information content (AvgIpc) is 2.32. The van der Waals surface area contributed by atoms with Crippen LogP contribution in [0.1, 0.15) is 59.3 Å². The molecule has 1 N–H and O–H groups in total. The van der Waals surface area contributed by atoms with Crippen molar-refractivity contribution in [2.45, 2.75) is 77.4 Å². The van der Waals surface area contributed by atoms with E-state index in [0.29, 0.717) is 0 Å². The van der Waals surface area contributed by atoms with Crippen molar-refractivity contribution in [1.29, 1.82) is 0 Å². The summed E-state index contributed by atoms with van der Waals surface area (Å²) < 4.78 is 0. The summed E-state index contributed by atoms with van der Waals surface area (Å²) in [7, 11) is 2.33. The minimum atomic E-state index is 0.788. The maximum atomic E-state index is 3.58. The smallest absolute Gasteiger partial charge is 0.00962 e. The van der Waals surface area contributed by atoms with Crippen LogP contribution < -0.4 is 5.32 Å². The van der Waals surface area contributed by atoms with Crippen LogP contribution in [0, 0.1) is 0 Å². The summed E-state index contributed by atoms with van der Waals surface area (Å²) in [5.74, 6) is 0. The number of nitrogens with zero attached hydrogens (tertiary/aromatic N) is 1. The molecule has 16 heavy (non-hydrogen) atoms. The lowest BCUT2D eigenvalue weighted by molar-refractivity contribution is 0.121. The highest BCUT2D eigenvalue weighted by atomic mass is 15.2. The van der Waals surface area contributed by atoms with Crippen LogP contribution in [-0.4, -0.2) is 36.6 Å². The van der Waals surface area contributed by atoms with Gasteiger partial charge < -0.3 is 10.2 Å². The molecule has 2 heteroatoms. The molecule has 0 unspecified atom stereocenters. The Balaban J connectivity index is 2.34. The maximum absolute atomic E-state index is 3.58. The predicted molar refractivity (Wildman–Crippen MR) is 71.9 cm³/mol. The van der Waals surface area contributed by atoms with Crippen molar-refractivity contribution in [2.24, 2.45) is 0 Å². The van der Waals surface area contributed by atoms with Gasteiger partial charge in [0.15, 0.2) is 0 Å². The predicted octanol–water partition coefficient (Wildman–Crippen LogP) is 3.03. The van der Waals surface area contributed by atoms with E-state index in [-0.39, 0.29) is 0 Å². The van der Waals surface area contributed by atoms with Gasteiger partial charge in [-0.2, -0.15) is 0 Å². The van der Waals surface area contributed by atoms with Gasteiger partial charge in [-0.15, -0.1) is 0 Å². The van der Waals surface area contributed by atoms with Crippen LogP contribution >= 0.6 is 0 Å². The molecule has 0 amide bonds. The van der Waals surface area contributed by atoms with E-state index in [2.05, 4.69) is 38.0 Å². The molecule has 1 saturated carbocycles. The summed E-state index contributed by atoms with van der Waals surface area (Å²) in [5.41, 5.74) is 0. The van der Waals surface area contributed by atoms with Gasteiger partial charge >= 0.3 is 0 Å². The Labute approximate surface area is 102 Å². The highest BCUT2D eigenvalue weighted by molar-refractivity contribution is 4.83. The summed E-state index contributed by atoms with van der Waals surface area (Å²) in [6.07, 6.45) is 8.07. The molecule has 0 heterocycles. The molecule has 2 nitrogen and oxygen atoms in total. The van der Waals surface area contributed by atoms with Gasteiger partial charge in [-0.3, -0.25) is 0 Å². The average molecular weight is 226 g/mol. The molecular weight excluding hydrogens is 196 g/mol. The van der Waals surface area contributed by atoms with Crippen LogP contribution in [0.5, 0.6) is 0 Å². The van der Waals surface area contributed by atoms with E-state index in [1.807, 2.05) is 0 Å². The molecule has 1 rings (SSSR count). The van der Waals surface area contributed by atoms with Crippen LogP contribution in [0.15, 0.2) is 0 Å². The largest absolute Gasteiger partial charge is 0.314 e. The standard InChI is InChI=1S/C14H30N2/c1-5-13(6-2)16(4)14-10-8-12(9-11-14)15-7-3/h12-15H,5-11H2,1-4H3. The third-order valence-corrected chi connectivity index (χ3v) is 4.28. The lowest BCUT2D eigenvalue weighted by Crippen LogP contribution is -2.44. The number of rotatable bonds is 6. The van der Waals surface area contributed by atoms with E-state index < -0.39 is 0 Å². The molecule has 0 atom stereocenters. The number of nitrogens with one attached hydrogen (secondary N) is 1. The van der Waals surface area contributed by atoms with E-state index in [4.69, 9.17) is 0 Å². The zero-order valence-corrected chi connectivity index (χ0v) is 11.6. The summed E-state index contributed by atoms with van der Waals surface area (Å²) in [6.45, 7) is 7.96. The van der Waals surface area contributed by atoms with Crippen molar-refractivity contribution in [3.05, 3.63) is 0 Å². The van der Waals surface area contributed by atoms with Crippen molar-refractivity contribution >= 4 is 0 Å². The Bertz CT molecular complexity index is 170. The molecule has 0 saturated heterocycles. The lowest BCUT2D eigenvalue weighted by Gasteiger charge is -2.38. The molecule has 0 radical (unpaired) electrons. The first-order valence-electron chi connectivity index (χ1n) is 7.18. The van der Waals surface area contributed by atoms with Gasteiger partial charge in [0, 0.05) is 18.1 Å². The lowest BCUT2D eigenvalue weighted by atomic mass is 9.89. The second kappa shape index (κ2) is 7.29. The first-order chi connectivity index (χ1) is 7.72. The minimum absolute atomic E-state index is 0.788. The maximum Gasteiger partial charge on any atom is 0.00962 e. The fourth-order valence-corrected chi connectivity index (χ4v) is 3.14. The van der Waals surface area contributed by atoms with Crippen molar-refractivity contribution in [3.63, 3.8) is 0 Å². The van der Waals surface area contributed by atoms with Gasteiger partial charge in [0.1, 0.15) is 0 Å². The fourth-order valence-electron chi connectivity index (χ4n) is 3.14. The first kappa shape index (κ1) is 14.0. The van der Waals surface area contributed by atoms with E-state index in [1.165, 1.54) is 38.5 Å². The number of hydrogen-bond donors (Lipinski definition) is 1. The molecule has 0 aromatic rings. The Morgan fingerprint density at radius 3 is 2.06 bits per heavy atom. The Morgan fingerprint density at radius 2 is 1.62 bits per heavy atom. The molecule has 1 fully saturated rings. The summed E-state index contributed by atoms with van der Waals surface area (Å²) >= 11 is 0. The van der Waals surface area contributed by atoms with Crippen molar-refractivity contribution in [1.82, 2.24) is 10.2 Å². The number of hydrogen-bond acceptors (Lipinski definition) is 2. The summed E-state index contributed by atoms with van der Waals surface area (Å²) in [5, 5.41) is 3.58. The van der Waals surface area contributed by atoms with E-state index in [1.54, 1.807) is 0 Å². The van der Waals surface area contributed by atoms with Gasteiger partial charge in [-0.25, -0.2) is 0 Å². The summed E-state index contributed by atoms with van der Waals surface area (Å²) in [4.78, 5) is 2.64. The van der Waals surface area contributed by atoms with Crippen LogP contribution in [0.3, 0.4) is 0 Å². The van der Waals surface area contributed by atoms with Crippen LogP contribution in [-0.2, 0) is 0 Å². The van der Waals surface area contributed by atoms with Gasteiger partial charge in [0.2, 0.25) is 0 Å². The molecule has 0 bridgehead atoms. The minimum Gasteiger partial charge on any atom is -0.314 e. The van der Waals surface area contributed by atoms with Crippen molar-refractivity contribution in [3.8, 4) is 0 Å². The highest BCUT2D eigenvalue weighted by Gasteiger charge is 2.25. The molecule has 0 aromatic carbocycles. The zero-order valence-electron chi connectivity index (χ0n) is 11.6. The molecule has 0 spiro atoms. The third-order valence-electron chi connectivity index (χ3n) is 4.28. The zero-order chi connectivity index (χ0) is 12.0. The quantitative estimate of drug-likeness (QED) is 0.749. The normalized spacial score (nSPS) is 26.6. The van der Waals surface area contributed by atoms with Crippen molar-refractivity contribution in [2.75, 3.05) is 13.6 Å². The molecule has 1 aliphatic rings. The van der Waals surface area contributed by atoms with E-state index in [9.17, 15) is 0 Å². The molecule has 0 aromatic heterocycles. The van der Waals surface area contributed by atoms with Crippen LogP contribution in [0.2, 0.25) is 0 Å². The van der Waals surface area contributed by atoms with E-state index >= 15 is 0 Å². The summed E-state index contributed by atoms with van der Waals surface area (Å²) in [6, 6.07) is 2.41. The SMILES string of the molecule is CCNC1CCC(N(C)C(CC)CC)CC1. The molecule has 0 aliphatic heterocycles. The van der Waals surface area contributed by atoms with Crippen molar-refractivity contribution < 1.29 is 0 Å². The second-order valence-corrected chi connectivity index (χ2v) is 5.20. The monoisotopic (exact) mass is 226 g/mol. The Kier molecular flexibility index (Phi) is 6.37. The van der Waals surface area contributed by atoms with Crippen LogP contribution in [0.4, 0.5) is 0 Å².